The number of benzene rings is 2. The van der Waals surface area contributed by atoms with E-state index < -0.39 is 18.1 Å². The lowest BCUT2D eigenvalue weighted by molar-refractivity contribution is -0.189. The summed E-state index contributed by atoms with van der Waals surface area (Å²) in [7, 11) is 0. The number of nitrogens with zero attached hydrogens (tertiary/aromatic N) is 2. The lowest BCUT2D eigenvalue weighted by Crippen LogP contribution is -2.27. The number of esters is 1. The van der Waals surface area contributed by atoms with Crippen LogP contribution in [0.3, 0.4) is 0 Å². The van der Waals surface area contributed by atoms with E-state index in [2.05, 4.69) is 9.84 Å². The van der Waals surface area contributed by atoms with E-state index in [-0.39, 0.29) is 11.4 Å². The van der Waals surface area contributed by atoms with Crippen molar-refractivity contribution in [3.05, 3.63) is 35.5 Å². The SMILES string of the molecule is Cc1cc2cc(OC(=O)C(F)(F)F)ccc2c2nn(CCCN)c(C(=O)O)c12. The van der Waals surface area contributed by atoms with Crippen molar-refractivity contribution in [2.45, 2.75) is 26.1 Å². The second kappa shape index (κ2) is 7.12. The van der Waals surface area contributed by atoms with Crippen molar-refractivity contribution in [2.24, 2.45) is 5.73 Å². The standard InChI is InChI=1S/C18H16F3N3O4/c1-9-7-10-8-11(28-17(27)18(19,20)21)3-4-12(10)14-13(9)15(16(25)26)24(23-14)6-2-5-22/h3-4,7-8H,2,5-6,22H2,1H3,(H,25,26). The number of hydrogen-bond donors (Lipinski definition) is 2. The fraction of sp³-hybridized carbons (Fsp3) is 0.278. The minimum Gasteiger partial charge on any atom is -0.477 e. The van der Waals surface area contributed by atoms with Gasteiger partial charge in [-0.05, 0) is 49.0 Å². The molecule has 0 saturated carbocycles. The first kappa shape index (κ1) is 19.6. The molecule has 0 spiro atoms. The number of aryl methyl sites for hydroxylation is 2. The van der Waals surface area contributed by atoms with Crippen LogP contribution in [0.1, 0.15) is 22.5 Å². The number of alkyl halides is 3. The van der Waals surface area contributed by atoms with Gasteiger partial charge in [-0.2, -0.15) is 18.3 Å². The number of carboxylic acid groups (broad SMARTS) is 1. The number of aromatic carboxylic acids is 1. The van der Waals surface area contributed by atoms with Gasteiger partial charge in [-0.3, -0.25) is 4.68 Å². The normalized spacial score (nSPS) is 11.9. The van der Waals surface area contributed by atoms with Crippen LogP contribution in [0.5, 0.6) is 5.75 Å². The third-order valence-electron chi connectivity index (χ3n) is 4.22. The van der Waals surface area contributed by atoms with Crippen molar-refractivity contribution in [3.63, 3.8) is 0 Å². The van der Waals surface area contributed by atoms with E-state index in [1.807, 2.05) is 0 Å². The van der Waals surface area contributed by atoms with E-state index in [4.69, 9.17) is 5.73 Å². The molecule has 3 N–H and O–H groups in total. The highest BCUT2D eigenvalue weighted by molar-refractivity contribution is 6.13. The number of halogens is 3. The Morgan fingerprint density at radius 2 is 2.00 bits per heavy atom. The number of fused-ring (bicyclic) bond motifs is 3. The summed E-state index contributed by atoms with van der Waals surface area (Å²) in [6, 6.07) is 5.55. The summed E-state index contributed by atoms with van der Waals surface area (Å²) in [6.45, 7) is 2.36. The van der Waals surface area contributed by atoms with E-state index in [1.165, 1.54) is 22.9 Å². The number of carbonyl (C=O) groups excluding carboxylic acids is 1. The van der Waals surface area contributed by atoms with Crippen LogP contribution in [0.4, 0.5) is 13.2 Å². The highest BCUT2D eigenvalue weighted by Gasteiger charge is 2.41. The molecule has 1 aromatic heterocycles. The first-order chi connectivity index (χ1) is 13.1. The molecular formula is C18H16F3N3O4. The number of ether oxygens (including phenoxy) is 1. The zero-order chi connectivity index (χ0) is 20.6. The van der Waals surface area contributed by atoms with Crippen molar-refractivity contribution in [3.8, 4) is 5.75 Å². The molecule has 7 nitrogen and oxygen atoms in total. The molecule has 0 aliphatic carbocycles. The van der Waals surface area contributed by atoms with E-state index in [1.54, 1.807) is 13.0 Å². The summed E-state index contributed by atoms with van der Waals surface area (Å²) >= 11 is 0. The van der Waals surface area contributed by atoms with Gasteiger partial charge < -0.3 is 15.6 Å². The van der Waals surface area contributed by atoms with Gasteiger partial charge in [0.1, 0.15) is 11.3 Å². The van der Waals surface area contributed by atoms with Gasteiger partial charge in [0.25, 0.3) is 0 Å². The summed E-state index contributed by atoms with van der Waals surface area (Å²) in [5.41, 5.74) is 6.50. The first-order valence-corrected chi connectivity index (χ1v) is 8.29. The molecule has 28 heavy (non-hydrogen) atoms. The maximum Gasteiger partial charge on any atom is 0.491 e. The fourth-order valence-electron chi connectivity index (χ4n) is 3.05. The van der Waals surface area contributed by atoms with Gasteiger partial charge in [0.2, 0.25) is 0 Å². The monoisotopic (exact) mass is 395 g/mol. The Hall–Kier alpha value is -3.14. The molecule has 0 fully saturated rings. The van der Waals surface area contributed by atoms with E-state index in [0.717, 1.165) is 0 Å². The molecule has 0 radical (unpaired) electrons. The molecule has 0 aliphatic rings. The van der Waals surface area contributed by atoms with Crippen molar-refractivity contribution in [2.75, 3.05) is 6.54 Å². The third kappa shape index (κ3) is 3.50. The number of carboxylic acids is 1. The van der Waals surface area contributed by atoms with E-state index in [9.17, 15) is 27.9 Å². The Bertz CT molecular complexity index is 1090. The van der Waals surface area contributed by atoms with Gasteiger partial charge in [0.15, 0.2) is 5.69 Å². The Kier molecular flexibility index (Phi) is 4.99. The van der Waals surface area contributed by atoms with Crippen LogP contribution in [0, 0.1) is 6.92 Å². The maximum absolute atomic E-state index is 12.4. The van der Waals surface area contributed by atoms with E-state index >= 15 is 0 Å². The quantitative estimate of drug-likeness (QED) is 0.508. The van der Waals surface area contributed by atoms with Crippen LogP contribution in [0.2, 0.25) is 0 Å². The lowest BCUT2D eigenvalue weighted by Gasteiger charge is -2.09. The maximum atomic E-state index is 12.4. The number of aromatic nitrogens is 2. The average Bonchev–Trinajstić information content (AvgIpc) is 2.99. The Morgan fingerprint density at radius 3 is 2.61 bits per heavy atom. The van der Waals surface area contributed by atoms with Crippen LogP contribution in [-0.2, 0) is 11.3 Å². The molecular weight excluding hydrogens is 379 g/mol. The Morgan fingerprint density at radius 1 is 1.29 bits per heavy atom. The van der Waals surface area contributed by atoms with Gasteiger partial charge in [-0.1, -0.05) is 6.07 Å². The summed E-state index contributed by atoms with van der Waals surface area (Å²) < 4.78 is 42.9. The summed E-state index contributed by atoms with van der Waals surface area (Å²) in [5, 5.41) is 15.4. The molecule has 3 rings (SSSR count). The topological polar surface area (TPSA) is 107 Å². The number of carbonyl (C=O) groups is 2. The van der Waals surface area contributed by atoms with Crippen molar-refractivity contribution in [1.82, 2.24) is 9.78 Å². The van der Waals surface area contributed by atoms with Gasteiger partial charge in [-0.15, -0.1) is 0 Å². The number of nitrogens with two attached hydrogens (primary N) is 1. The average molecular weight is 395 g/mol. The van der Waals surface area contributed by atoms with Crippen molar-refractivity contribution >= 4 is 33.6 Å². The van der Waals surface area contributed by atoms with Crippen molar-refractivity contribution in [1.29, 1.82) is 0 Å². The van der Waals surface area contributed by atoms with Gasteiger partial charge in [-0.25, -0.2) is 9.59 Å². The lowest BCUT2D eigenvalue weighted by atomic mass is 10.0. The molecule has 0 atom stereocenters. The molecule has 3 aromatic rings. The molecule has 1 heterocycles. The molecule has 0 unspecified atom stereocenters. The van der Waals surface area contributed by atoms with E-state index in [0.29, 0.717) is 46.7 Å². The van der Waals surface area contributed by atoms with Gasteiger partial charge >= 0.3 is 18.1 Å². The van der Waals surface area contributed by atoms with Crippen LogP contribution in [0.15, 0.2) is 24.3 Å². The largest absolute Gasteiger partial charge is 0.491 e. The van der Waals surface area contributed by atoms with Crippen molar-refractivity contribution < 1.29 is 32.6 Å². The Balaban J connectivity index is 2.16. The van der Waals surface area contributed by atoms with Crippen LogP contribution in [-0.4, -0.2) is 39.5 Å². The van der Waals surface area contributed by atoms with Crippen LogP contribution in [0.25, 0.3) is 21.7 Å². The minimum atomic E-state index is -5.10. The second-order valence-electron chi connectivity index (χ2n) is 6.21. The molecule has 0 aliphatic heterocycles. The molecule has 2 aromatic carbocycles. The molecule has 148 valence electrons. The van der Waals surface area contributed by atoms with Gasteiger partial charge in [0, 0.05) is 17.3 Å². The summed E-state index contributed by atoms with van der Waals surface area (Å²) in [4.78, 5) is 22.8. The summed E-state index contributed by atoms with van der Waals surface area (Å²) in [6.07, 6.45) is -4.57. The number of hydrogen-bond acceptors (Lipinski definition) is 5. The van der Waals surface area contributed by atoms with Crippen LogP contribution < -0.4 is 10.5 Å². The molecule has 0 bridgehead atoms. The smallest absolute Gasteiger partial charge is 0.477 e. The van der Waals surface area contributed by atoms with Crippen LogP contribution >= 0.6 is 0 Å². The first-order valence-electron chi connectivity index (χ1n) is 8.29. The fourth-order valence-corrected chi connectivity index (χ4v) is 3.05. The zero-order valence-electron chi connectivity index (χ0n) is 14.7. The molecule has 0 amide bonds. The number of rotatable bonds is 5. The predicted octanol–water partition coefficient (Wildman–Crippen LogP) is 3.01. The molecule has 10 heteroatoms. The second-order valence-corrected chi connectivity index (χ2v) is 6.21. The van der Waals surface area contributed by atoms with Gasteiger partial charge in [0.05, 0.1) is 0 Å². The minimum absolute atomic E-state index is 0.0235. The predicted molar refractivity (Wildman–Crippen MR) is 94.3 cm³/mol. The summed E-state index contributed by atoms with van der Waals surface area (Å²) in [5.74, 6) is -3.73. The highest BCUT2D eigenvalue weighted by atomic mass is 19.4. The molecule has 0 saturated heterocycles. The third-order valence-corrected chi connectivity index (χ3v) is 4.22. The Labute approximate surface area is 156 Å². The zero-order valence-corrected chi connectivity index (χ0v) is 14.7. The highest BCUT2D eigenvalue weighted by Crippen LogP contribution is 2.33.